The van der Waals surface area contributed by atoms with Crippen LogP contribution >= 0.6 is 0 Å². The Balaban J connectivity index is 0.00000325. The summed E-state index contributed by atoms with van der Waals surface area (Å²) in [7, 11) is 0. The van der Waals surface area contributed by atoms with Crippen LogP contribution < -0.4 is 4.74 Å². The van der Waals surface area contributed by atoms with Gasteiger partial charge in [0.2, 0.25) is 0 Å². The molecule has 0 aliphatic rings. The quantitative estimate of drug-likeness (QED) is 0.131. The molecule has 10 rings (SSSR count). The zero-order valence-electron chi connectivity index (χ0n) is 26.3. The van der Waals surface area contributed by atoms with Gasteiger partial charge in [-0.25, -0.2) is 0 Å². The zero-order chi connectivity index (χ0) is 31.8. The summed E-state index contributed by atoms with van der Waals surface area (Å²) in [6.07, 6.45) is 2.07. The fourth-order valence-corrected chi connectivity index (χ4v) is 7.14. The van der Waals surface area contributed by atoms with Crippen molar-refractivity contribution in [2.24, 2.45) is 0 Å². The maximum absolute atomic E-state index is 6.54. The van der Waals surface area contributed by atoms with Crippen LogP contribution in [-0.2, 0) is 21.1 Å². The second kappa shape index (κ2) is 11.4. The molecule has 0 fully saturated rings. The molecular weight excluding hydrogens is 784 g/mol. The minimum Gasteiger partial charge on any atom is -0.497 e. The molecule has 0 unspecified atom stereocenters. The molecule has 0 saturated heterocycles. The molecule has 4 aromatic heterocycles. The van der Waals surface area contributed by atoms with E-state index in [1.54, 1.807) is 0 Å². The standard InChI is InChI=1S/C43H26N4O.Pt/c1-27-26-46-38-18-10-8-16-34(38)32-22-20-30(24-36(32)42(46)44-27)48-31-21-23-33-35-17-9-11-19-39(35)47-41(29-14-6-3-7-15-29)40(28-12-4-2-5-13-28)45-43(47)37(33)25-31;/h2-23,26H,1H3;/q-2;+2. The minimum atomic E-state index is 0. The molecule has 0 bridgehead atoms. The minimum absolute atomic E-state index is 0. The van der Waals surface area contributed by atoms with Crippen molar-refractivity contribution in [3.8, 4) is 34.0 Å². The van der Waals surface area contributed by atoms with Crippen molar-refractivity contribution in [2.75, 3.05) is 0 Å². The predicted molar refractivity (Wildman–Crippen MR) is 194 cm³/mol. The molecule has 0 N–H and O–H groups in total. The number of ether oxygens (including phenoxy) is 1. The fourth-order valence-electron chi connectivity index (χ4n) is 7.14. The smallest absolute Gasteiger partial charge is 0.497 e. The number of pyridine rings is 2. The van der Waals surface area contributed by atoms with E-state index in [9.17, 15) is 0 Å². The van der Waals surface area contributed by atoms with E-state index in [1.807, 2.05) is 31.2 Å². The van der Waals surface area contributed by atoms with Crippen molar-refractivity contribution in [2.45, 2.75) is 6.92 Å². The first-order valence-electron chi connectivity index (χ1n) is 16.0. The molecule has 6 heteroatoms. The summed E-state index contributed by atoms with van der Waals surface area (Å²) in [5.74, 6) is 1.20. The molecule has 4 heterocycles. The number of benzene rings is 6. The Labute approximate surface area is 296 Å². The van der Waals surface area contributed by atoms with Gasteiger partial charge in [-0.15, -0.1) is 12.1 Å². The summed E-state index contributed by atoms with van der Waals surface area (Å²) < 4.78 is 11.0. The zero-order valence-corrected chi connectivity index (χ0v) is 28.6. The van der Waals surface area contributed by atoms with Crippen LogP contribution in [0.2, 0.25) is 0 Å². The number of imidazole rings is 2. The monoisotopic (exact) mass is 809 g/mol. The van der Waals surface area contributed by atoms with Gasteiger partial charge in [-0.2, -0.15) is 0 Å². The average Bonchev–Trinajstić information content (AvgIpc) is 3.75. The van der Waals surface area contributed by atoms with Crippen LogP contribution in [0.25, 0.3) is 77.2 Å². The van der Waals surface area contributed by atoms with Crippen LogP contribution in [0, 0.1) is 19.1 Å². The van der Waals surface area contributed by atoms with Crippen molar-refractivity contribution in [3.63, 3.8) is 0 Å². The van der Waals surface area contributed by atoms with Crippen molar-refractivity contribution in [3.05, 3.63) is 157 Å². The van der Waals surface area contributed by atoms with Crippen LogP contribution in [0.3, 0.4) is 0 Å². The summed E-state index contributed by atoms with van der Waals surface area (Å²) >= 11 is 0. The molecule has 234 valence electrons. The Kier molecular flexibility index (Phi) is 6.85. The van der Waals surface area contributed by atoms with E-state index in [1.165, 1.54) is 0 Å². The van der Waals surface area contributed by atoms with E-state index < -0.39 is 0 Å². The van der Waals surface area contributed by atoms with Gasteiger partial charge >= 0.3 is 21.1 Å². The molecule has 0 aliphatic heterocycles. The first-order valence-corrected chi connectivity index (χ1v) is 16.0. The second-order valence-electron chi connectivity index (χ2n) is 12.1. The van der Waals surface area contributed by atoms with E-state index in [0.29, 0.717) is 11.5 Å². The number of fused-ring (bicyclic) bond motifs is 12. The van der Waals surface area contributed by atoms with E-state index in [-0.39, 0.29) is 21.1 Å². The van der Waals surface area contributed by atoms with Gasteiger partial charge < -0.3 is 13.5 Å². The Morgan fingerprint density at radius 3 is 1.76 bits per heavy atom. The number of hydrogen-bond acceptors (Lipinski definition) is 3. The van der Waals surface area contributed by atoms with Crippen LogP contribution in [0.15, 0.2) is 140 Å². The topological polar surface area (TPSA) is 43.8 Å². The summed E-state index contributed by atoms with van der Waals surface area (Å²) in [6.45, 7) is 2.02. The van der Waals surface area contributed by atoms with Crippen molar-refractivity contribution >= 4 is 54.6 Å². The molecule has 0 radical (unpaired) electrons. The summed E-state index contributed by atoms with van der Waals surface area (Å²) in [6, 6.07) is 53.2. The number of nitrogens with zero attached hydrogens (tertiary/aromatic N) is 4. The third-order valence-electron chi connectivity index (χ3n) is 9.19. The van der Waals surface area contributed by atoms with E-state index >= 15 is 0 Å². The number of hydrogen-bond donors (Lipinski definition) is 0. The Morgan fingerprint density at radius 2 is 1.08 bits per heavy atom. The van der Waals surface area contributed by atoms with E-state index in [2.05, 4.69) is 136 Å². The van der Waals surface area contributed by atoms with Crippen molar-refractivity contribution < 1.29 is 25.8 Å². The third kappa shape index (κ3) is 4.57. The molecule has 49 heavy (non-hydrogen) atoms. The van der Waals surface area contributed by atoms with Gasteiger partial charge in [0.25, 0.3) is 0 Å². The molecule has 5 nitrogen and oxygen atoms in total. The predicted octanol–water partition coefficient (Wildman–Crippen LogP) is 10.6. The number of rotatable bonds is 4. The summed E-state index contributed by atoms with van der Waals surface area (Å²) in [5.41, 5.74) is 8.98. The second-order valence-corrected chi connectivity index (χ2v) is 12.1. The van der Waals surface area contributed by atoms with Crippen molar-refractivity contribution in [1.29, 1.82) is 0 Å². The number of para-hydroxylation sites is 2. The molecule has 0 amide bonds. The largest absolute Gasteiger partial charge is 2.00 e. The number of aromatic nitrogens is 4. The first-order chi connectivity index (χ1) is 23.7. The Hall–Kier alpha value is -5.77. The van der Waals surface area contributed by atoms with Gasteiger partial charge in [-0.05, 0) is 35.4 Å². The Morgan fingerprint density at radius 1 is 0.531 bits per heavy atom. The first kappa shape index (κ1) is 29.4. The van der Waals surface area contributed by atoms with Gasteiger partial charge in [0, 0.05) is 40.0 Å². The summed E-state index contributed by atoms with van der Waals surface area (Å²) in [4.78, 5) is 10.2. The molecular formula is C43H26N4OPt. The molecule has 0 aliphatic carbocycles. The van der Waals surface area contributed by atoms with Gasteiger partial charge in [0.1, 0.15) is 0 Å². The van der Waals surface area contributed by atoms with E-state index in [4.69, 9.17) is 14.7 Å². The van der Waals surface area contributed by atoms with Crippen LogP contribution in [-0.4, -0.2) is 18.8 Å². The maximum atomic E-state index is 6.54. The van der Waals surface area contributed by atoms with Gasteiger partial charge in [-0.3, -0.25) is 9.97 Å². The van der Waals surface area contributed by atoms with Crippen LogP contribution in [0.4, 0.5) is 0 Å². The third-order valence-corrected chi connectivity index (χ3v) is 9.19. The SMILES string of the molecule is Cc1cn2c3ccccc3c3ccc(Oc4[c-]c5c(cc4)c4ccccc4n4c(-c6ccccc6)c(-c6ccccc6)nc54)[c-]c3c2n1.[Pt+2]. The van der Waals surface area contributed by atoms with E-state index in [0.717, 1.165) is 82.9 Å². The van der Waals surface area contributed by atoms with Gasteiger partial charge in [-0.1, -0.05) is 143 Å². The molecule has 0 atom stereocenters. The molecule has 10 aromatic rings. The van der Waals surface area contributed by atoms with Crippen LogP contribution in [0.5, 0.6) is 11.5 Å². The molecule has 0 saturated carbocycles. The van der Waals surface area contributed by atoms with Gasteiger partial charge in [0.05, 0.1) is 22.7 Å². The maximum Gasteiger partial charge on any atom is 2.00 e. The molecule has 0 spiro atoms. The normalized spacial score (nSPS) is 11.6. The van der Waals surface area contributed by atoms with Gasteiger partial charge in [0.15, 0.2) is 0 Å². The average molecular weight is 810 g/mol. The molecule has 6 aromatic carbocycles. The summed E-state index contributed by atoms with van der Waals surface area (Å²) in [5, 5.41) is 6.24. The van der Waals surface area contributed by atoms with Crippen molar-refractivity contribution in [1.82, 2.24) is 18.8 Å². The van der Waals surface area contributed by atoms with Crippen LogP contribution in [0.1, 0.15) is 5.69 Å². The number of aryl methyl sites for hydroxylation is 1. The Bertz CT molecular complexity index is 2880. The fraction of sp³-hybridized carbons (Fsp3) is 0.0233.